The lowest BCUT2D eigenvalue weighted by Crippen LogP contribution is -2.26. The molecule has 16 heavy (non-hydrogen) atoms. The van der Waals surface area contributed by atoms with Crippen LogP contribution in [0.4, 0.5) is 0 Å². The molecule has 0 aromatic heterocycles. The molecule has 0 radical (unpaired) electrons. The summed E-state index contributed by atoms with van der Waals surface area (Å²) in [6.07, 6.45) is 5.27. The molecule has 0 amide bonds. The molecule has 1 aromatic rings. The molecular weight excluding hydrogens is 220 g/mol. The molecule has 1 aliphatic rings. The van der Waals surface area contributed by atoms with Crippen LogP contribution in [0.25, 0.3) is 0 Å². The summed E-state index contributed by atoms with van der Waals surface area (Å²) in [5.41, 5.74) is 2.37. The van der Waals surface area contributed by atoms with E-state index < -0.39 is 0 Å². The SMILES string of the molecule is Cc1ccc(CC2CCCCC2O)c(Cl)c1. The minimum atomic E-state index is -0.133. The molecule has 0 bridgehead atoms. The summed E-state index contributed by atoms with van der Waals surface area (Å²) >= 11 is 6.21. The topological polar surface area (TPSA) is 20.2 Å². The zero-order chi connectivity index (χ0) is 11.5. The van der Waals surface area contributed by atoms with Gasteiger partial charge >= 0.3 is 0 Å². The molecule has 1 N–H and O–H groups in total. The monoisotopic (exact) mass is 238 g/mol. The molecule has 1 aliphatic carbocycles. The molecule has 2 unspecified atom stereocenters. The molecular formula is C14H19ClO. The molecule has 2 heteroatoms. The fourth-order valence-electron chi connectivity index (χ4n) is 2.53. The first-order chi connectivity index (χ1) is 7.66. The number of aliphatic hydroxyl groups is 1. The van der Waals surface area contributed by atoms with Gasteiger partial charge in [0.2, 0.25) is 0 Å². The molecule has 0 spiro atoms. The molecule has 88 valence electrons. The lowest BCUT2D eigenvalue weighted by molar-refractivity contribution is 0.0700. The van der Waals surface area contributed by atoms with E-state index in [1.54, 1.807) is 0 Å². The van der Waals surface area contributed by atoms with E-state index in [2.05, 4.69) is 12.1 Å². The Bertz CT molecular complexity index is 362. The van der Waals surface area contributed by atoms with Crippen LogP contribution < -0.4 is 0 Å². The Hall–Kier alpha value is -0.530. The number of hydrogen-bond acceptors (Lipinski definition) is 1. The van der Waals surface area contributed by atoms with Crippen molar-refractivity contribution in [2.45, 2.75) is 45.1 Å². The van der Waals surface area contributed by atoms with Crippen molar-refractivity contribution in [1.29, 1.82) is 0 Å². The summed E-state index contributed by atoms with van der Waals surface area (Å²) in [5, 5.41) is 10.8. The molecule has 1 saturated carbocycles. The van der Waals surface area contributed by atoms with E-state index in [9.17, 15) is 5.11 Å². The lowest BCUT2D eigenvalue weighted by atomic mass is 9.82. The number of benzene rings is 1. The Kier molecular flexibility index (Phi) is 3.88. The maximum atomic E-state index is 9.93. The molecule has 0 heterocycles. The van der Waals surface area contributed by atoms with Gasteiger partial charge in [-0.15, -0.1) is 0 Å². The van der Waals surface area contributed by atoms with Crippen molar-refractivity contribution < 1.29 is 5.11 Å². The van der Waals surface area contributed by atoms with Crippen molar-refractivity contribution in [1.82, 2.24) is 0 Å². The molecule has 2 atom stereocenters. The van der Waals surface area contributed by atoms with E-state index >= 15 is 0 Å². The average molecular weight is 239 g/mol. The van der Waals surface area contributed by atoms with Gasteiger partial charge in [0.15, 0.2) is 0 Å². The normalized spacial score (nSPS) is 25.7. The van der Waals surface area contributed by atoms with Gasteiger partial charge in [0.05, 0.1) is 6.10 Å². The summed E-state index contributed by atoms with van der Waals surface area (Å²) in [4.78, 5) is 0. The second kappa shape index (κ2) is 5.20. The molecule has 1 aromatic carbocycles. The van der Waals surface area contributed by atoms with Gasteiger partial charge in [0, 0.05) is 5.02 Å². The van der Waals surface area contributed by atoms with E-state index in [1.807, 2.05) is 13.0 Å². The molecule has 2 rings (SSSR count). The first kappa shape index (κ1) is 11.9. The largest absolute Gasteiger partial charge is 0.393 e. The maximum Gasteiger partial charge on any atom is 0.0571 e. The predicted molar refractivity (Wildman–Crippen MR) is 67.9 cm³/mol. The van der Waals surface area contributed by atoms with Crippen LogP contribution >= 0.6 is 11.6 Å². The third-order valence-electron chi connectivity index (χ3n) is 3.56. The van der Waals surface area contributed by atoms with Crippen molar-refractivity contribution >= 4 is 11.6 Å². The van der Waals surface area contributed by atoms with Crippen LogP contribution in [-0.4, -0.2) is 11.2 Å². The molecule has 0 aliphatic heterocycles. The number of halogens is 1. The van der Waals surface area contributed by atoms with Crippen LogP contribution in [0.5, 0.6) is 0 Å². The van der Waals surface area contributed by atoms with Gasteiger partial charge in [0.25, 0.3) is 0 Å². The van der Waals surface area contributed by atoms with Crippen molar-refractivity contribution in [2.75, 3.05) is 0 Å². The van der Waals surface area contributed by atoms with Gasteiger partial charge in [-0.2, -0.15) is 0 Å². The van der Waals surface area contributed by atoms with Gasteiger partial charge in [-0.25, -0.2) is 0 Å². The number of rotatable bonds is 2. The van der Waals surface area contributed by atoms with Crippen LogP contribution in [0, 0.1) is 12.8 Å². The third kappa shape index (κ3) is 2.78. The van der Waals surface area contributed by atoms with Gasteiger partial charge in [-0.05, 0) is 49.3 Å². The third-order valence-corrected chi connectivity index (χ3v) is 3.91. The highest BCUT2D eigenvalue weighted by molar-refractivity contribution is 6.31. The minimum Gasteiger partial charge on any atom is -0.393 e. The van der Waals surface area contributed by atoms with Crippen LogP contribution in [0.15, 0.2) is 18.2 Å². The van der Waals surface area contributed by atoms with Crippen LogP contribution in [-0.2, 0) is 6.42 Å². The van der Waals surface area contributed by atoms with E-state index in [4.69, 9.17) is 11.6 Å². The number of aryl methyl sites for hydroxylation is 1. The Balaban J connectivity index is 2.07. The summed E-state index contributed by atoms with van der Waals surface area (Å²) in [6, 6.07) is 6.20. The second-order valence-electron chi connectivity index (χ2n) is 4.91. The van der Waals surface area contributed by atoms with Crippen molar-refractivity contribution in [3.63, 3.8) is 0 Å². The Labute approximate surface area is 102 Å². The van der Waals surface area contributed by atoms with Crippen molar-refractivity contribution in [3.05, 3.63) is 34.3 Å². The van der Waals surface area contributed by atoms with E-state index in [0.717, 1.165) is 24.3 Å². The van der Waals surface area contributed by atoms with Gasteiger partial charge < -0.3 is 5.11 Å². The second-order valence-corrected chi connectivity index (χ2v) is 5.32. The fraction of sp³-hybridized carbons (Fsp3) is 0.571. The Morgan fingerprint density at radius 3 is 2.75 bits per heavy atom. The van der Waals surface area contributed by atoms with Crippen molar-refractivity contribution in [3.8, 4) is 0 Å². The van der Waals surface area contributed by atoms with Gasteiger partial charge in [-0.1, -0.05) is 36.6 Å². The molecule has 1 fully saturated rings. The fourth-order valence-corrected chi connectivity index (χ4v) is 2.84. The van der Waals surface area contributed by atoms with Gasteiger partial charge in [0.1, 0.15) is 0 Å². The average Bonchev–Trinajstić information content (AvgIpc) is 2.25. The predicted octanol–water partition coefficient (Wildman–Crippen LogP) is 3.74. The highest BCUT2D eigenvalue weighted by atomic mass is 35.5. The number of hydrogen-bond donors (Lipinski definition) is 1. The summed E-state index contributed by atoms with van der Waals surface area (Å²) in [5.74, 6) is 0.397. The zero-order valence-electron chi connectivity index (χ0n) is 9.75. The summed E-state index contributed by atoms with van der Waals surface area (Å²) < 4.78 is 0. The Morgan fingerprint density at radius 1 is 1.31 bits per heavy atom. The first-order valence-electron chi connectivity index (χ1n) is 6.10. The number of aliphatic hydroxyl groups excluding tert-OH is 1. The summed E-state index contributed by atoms with van der Waals surface area (Å²) in [7, 11) is 0. The van der Waals surface area contributed by atoms with E-state index in [0.29, 0.717) is 5.92 Å². The highest BCUT2D eigenvalue weighted by Gasteiger charge is 2.23. The highest BCUT2D eigenvalue weighted by Crippen LogP contribution is 2.29. The van der Waals surface area contributed by atoms with E-state index in [-0.39, 0.29) is 6.10 Å². The molecule has 1 nitrogen and oxygen atoms in total. The van der Waals surface area contributed by atoms with Crippen molar-refractivity contribution in [2.24, 2.45) is 5.92 Å². The van der Waals surface area contributed by atoms with Gasteiger partial charge in [-0.3, -0.25) is 0 Å². The van der Waals surface area contributed by atoms with Crippen LogP contribution in [0.2, 0.25) is 5.02 Å². The van der Waals surface area contributed by atoms with Crippen LogP contribution in [0.3, 0.4) is 0 Å². The lowest BCUT2D eigenvalue weighted by Gasteiger charge is -2.27. The first-order valence-corrected chi connectivity index (χ1v) is 6.47. The zero-order valence-corrected chi connectivity index (χ0v) is 10.5. The summed E-state index contributed by atoms with van der Waals surface area (Å²) in [6.45, 7) is 2.05. The smallest absolute Gasteiger partial charge is 0.0571 e. The van der Waals surface area contributed by atoms with Crippen LogP contribution in [0.1, 0.15) is 36.8 Å². The maximum absolute atomic E-state index is 9.93. The standard InChI is InChI=1S/C14H19ClO/c1-10-6-7-11(13(15)8-10)9-12-4-2-3-5-14(12)16/h6-8,12,14,16H,2-5,9H2,1H3. The molecule has 0 saturated heterocycles. The minimum absolute atomic E-state index is 0.133. The van der Waals surface area contributed by atoms with E-state index in [1.165, 1.54) is 24.0 Å². The Morgan fingerprint density at radius 2 is 2.06 bits per heavy atom. The quantitative estimate of drug-likeness (QED) is 0.832.